The third-order valence-electron chi connectivity index (χ3n) is 10.5. The van der Waals surface area contributed by atoms with E-state index in [0.717, 1.165) is 58.7 Å². The number of anilines is 1. The molecule has 4 N–H and O–H groups in total. The number of nitrogens with zero attached hydrogens (tertiary/aromatic N) is 2. The van der Waals surface area contributed by atoms with Crippen LogP contribution in [-0.4, -0.2) is 66.9 Å². The lowest BCUT2D eigenvalue weighted by Gasteiger charge is -2.25. The molecule has 11 nitrogen and oxygen atoms in total. The van der Waals surface area contributed by atoms with E-state index in [4.69, 9.17) is 0 Å². The molecule has 2 aliphatic heterocycles. The first kappa shape index (κ1) is 42.3. The fraction of sp³-hybridized carbons (Fsp3) is 0.349. The summed E-state index contributed by atoms with van der Waals surface area (Å²) in [4.78, 5) is 14.3. The highest BCUT2D eigenvalue weighted by molar-refractivity contribution is 7.86. The molecular weight excluding hydrogens is 751 g/mol. The third-order valence-corrected chi connectivity index (χ3v) is 12.2. The number of benzene rings is 3. The molecule has 2 aliphatic rings. The Kier molecular flexibility index (Phi) is 12.9. The molecule has 3 aromatic rings. The van der Waals surface area contributed by atoms with Crippen molar-refractivity contribution in [1.29, 1.82) is 0 Å². The summed E-state index contributed by atoms with van der Waals surface area (Å²) in [6.07, 6.45) is 17.0. The summed E-state index contributed by atoms with van der Waals surface area (Å²) >= 11 is 0. The Labute approximate surface area is 331 Å². The molecule has 298 valence electrons. The predicted octanol–water partition coefficient (Wildman–Crippen LogP) is 7.55. The van der Waals surface area contributed by atoms with Crippen molar-refractivity contribution in [3.05, 3.63) is 126 Å². The van der Waals surface area contributed by atoms with Gasteiger partial charge in [-0.3, -0.25) is 13.9 Å². The van der Waals surface area contributed by atoms with Gasteiger partial charge in [-0.1, -0.05) is 56.4 Å². The molecule has 0 saturated carbocycles. The highest BCUT2D eigenvalue weighted by Crippen LogP contribution is 2.48. The lowest BCUT2D eigenvalue weighted by molar-refractivity contribution is -0.438. The van der Waals surface area contributed by atoms with Crippen molar-refractivity contribution in [2.24, 2.45) is 0 Å². The Balaban J connectivity index is 1.26. The number of rotatable bonds is 16. The van der Waals surface area contributed by atoms with Crippen LogP contribution in [0.5, 0.6) is 5.75 Å². The fourth-order valence-corrected chi connectivity index (χ4v) is 8.54. The Morgan fingerprint density at radius 2 is 1.41 bits per heavy atom. The summed E-state index contributed by atoms with van der Waals surface area (Å²) in [5.74, 6) is 0.206. The molecule has 0 aliphatic carbocycles. The topological polar surface area (TPSA) is 164 Å². The van der Waals surface area contributed by atoms with E-state index >= 15 is 0 Å². The monoisotopic (exact) mass is 802 g/mol. The first-order chi connectivity index (χ1) is 26.4. The van der Waals surface area contributed by atoms with Crippen LogP contribution in [0.15, 0.2) is 119 Å². The average Bonchev–Trinajstić information content (AvgIpc) is 3.48. The van der Waals surface area contributed by atoms with Crippen LogP contribution in [0.1, 0.15) is 77.0 Å². The maximum absolute atomic E-state index is 12.5. The number of hydrogen-bond acceptors (Lipinski definition) is 7. The zero-order valence-corrected chi connectivity index (χ0v) is 34.2. The highest BCUT2D eigenvalue weighted by atomic mass is 32.2. The molecule has 0 radical (unpaired) electrons. The van der Waals surface area contributed by atoms with Crippen molar-refractivity contribution in [3.8, 4) is 5.75 Å². The van der Waals surface area contributed by atoms with Gasteiger partial charge in [0.05, 0.1) is 15.2 Å². The second-order valence-electron chi connectivity index (χ2n) is 15.1. The van der Waals surface area contributed by atoms with Crippen molar-refractivity contribution >= 4 is 43.2 Å². The molecular formula is C43H52N3O8S2+. The van der Waals surface area contributed by atoms with Gasteiger partial charge in [0.25, 0.3) is 20.2 Å². The molecule has 3 aromatic carbocycles. The Hall–Kier alpha value is -4.82. The normalized spacial score (nSPS) is 17.1. The minimum Gasteiger partial charge on any atom is -0.508 e. The Morgan fingerprint density at radius 1 is 0.786 bits per heavy atom. The lowest BCUT2D eigenvalue weighted by atomic mass is 9.81. The van der Waals surface area contributed by atoms with Crippen molar-refractivity contribution < 1.29 is 40.4 Å². The smallest absolute Gasteiger partial charge is 0.294 e. The number of unbranched alkanes of at least 4 members (excludes halogenated alkanes) is 2. The van der Waals surface area contributed by atoms with Gasteiger partial charge in [0.15, 0.2) is 5.71 Å². The van der Waals surface area contributed by atoms with E-state index in [9.17, 15) is 35.8 Å². The van der Waals surface area contributed by atoms with Crippen LogP contribution in [-0.2, 0) is 42.3 Å². The van der Waals surface area contributed by atoms with Gasteiger partial charge in [-0.15, -0.1) is 0 Å². The van der Waals surface area contributed by atoms with Crippen LogP contribution in [0.25, 0.3) is 0 Å². The number of fused-ring (bicyclic) bond motifs is 2. The zero-order chi connectivity index (χ0) is 40.9. The number of hydrogen-bond donors (Lipinski definition) is 4. The molecule has 5 rings (SSSR count). The van der Waals surface area contributed by atoms with E-state index in [1.165, 1.54) is 12.1 Å². The van der Waals surface area contributed by atoms with Crippen LogP contribution < -0.4 is 10.2 Å². The van der Waals surface area contributed by atoms with Gasteiger partial charge in [-0.05, 0) is 99.7 Å². The van der Waals surface area contributed by atoms with Crippen LogP contribution >= 0.6 is 0 Å². The maximum atomic E-state index is 12.5. The van der Waals surface area contributed by atoms with E-state index in [0.29, 0.717) is 32.5 Å². The summed E-state index contributed by atoms with van der Waals surface area (Å²) in [5, 5.41) is 12.4. The summed E-state index contributed by atoms with van der Waals surface area (Å²) in [6.45, 7) is 12.0. The van der Waals surface area contributed by atoms with Gasteiger partial charge < -0.3 is 15.3 Å². The first-order valence-electron chi connectivity index (χ1n) is 18.8. The standard InChI is InChI=1S/C43H51N3O8S2/c1-6-45-37-24-22-33(55(49,50)51)29-35(37)42(2,3)39(45)15-11-8-7-9-12-16-40-43(4,5)36-30-34(56(52,53)54)23-25-38(36)46(40)28-14-10-13-17-41(48)44-27-26-31-18-20-32(47)21-19-31/h7-9,11-12,15-16,18-25,29-30H,6,10,13-14,17,26-28H2,1-5H3,(H3-,44,47,48,49,50,51,52,53,54)/p+1. The largest absolute Gasteiger partial charge is 0.508 e. The lowest BCUT2D eigenvalue weighted by Crippen LogP contribution is -2.28. The summed E-state index contributed by atoms with van der Waals surface area (Å²) in [6, 6.07) is 16.3. The molecule has 0 aromatic heterocycles. The number of carbonyl (C=O) groups is 1. The Bertz CT molecular complexity index is 2340. The first-order valence-corrected chi connectivity index (χ1v) is 21.7. The second-order valence-corrected chi connectivity index (χ2v) is 17.9. The quantitative estimate of drug-likeness (QED) is 0.0496. The number of likely N-dealkylation sites (N-methyl/N-ethyl adjacent to an activating group) is 1. The van der Waals surface area contributed by atoms with E-state index in [1.807, 2.05) is 89.3 Å². The van der Waals surface area contributed by atoms with Crippen LogP contribution in [0.3, 0.4) is 0 Å². The summed E-state index contributed by atoms with van der Waals surface area (Å²) in [7, 11) is -8.72. The summed E-state index contributed by atoms with van der Waals surface area (Å²) < 4.78 is 69.3. The molecule has 0 atom stereocenters. The Morgan fingerprint density at radius 3 is 2.07 bits per heavy atom. The zero-order valence-electron chi connectivity index (χ0n) is 32.6. The number of nitrogens with one attached hydrogen (secondary N) is 1. The summed E-state index contributed by atoms with van der Waals surface area (Å²) in [5.41, 5.74) is 5.31. The van der Waals surface area contributed by atoms with Crippen LogP contribution in [0.4, 0.5) is 11.4 Å². The number of phenols is 1. The molecule has 0 bridgehead atoms. The molecule has 0 saturated heterocycles. The molecule has 0 fully saturated rings. The minimum atomic E-state index is -4.39. The molecule has 2 heterocycles. The van der Waals surface area contributed by atoms with Crippen molar-refractivity contribution in [2.75, 3.05) is 24.5 Å². The SMILES string of the molecule is CCN1\C(=C/C=C/C=C/C=C\C2=[N+](CCCCCC(=O)NCCc3ccc(O)cc3)c3ccc(S(=O)(=O)O)cc3C2(C)C)C(C)(C)c2cc(S(=O)(=O)O)ccc21. The fourth-order valence-electron chi connectivity index (χ4n) is 7.53. The van der Waals surface area contributed by atoms with E-state index in [1.54, 1.807) is 36.4 Å². The maximum Gasteiger partial charge on any atom is 0.294 e. The van der Waals surface area contributed by atoms with Crippen molar-refractivity contribution in [2.45, 2.75) is 87.3 Å². The van der Waals surface area contributed by atoms with Gasteiger partial charge in [-0.25, -0.2) is 0 Å². The van der Waals surface area contributed by atoms with Gasteiger partial charge in [0.2, 0.25) is 11.6 Å². The molecule has 0 unspecified atom stereocenters. The number of phenolic OH excluding ortho intramolecular Hbond substituents is 1. The average molecular weight is 803 g/mol. The second kappa shape index (κ2) is 17.1. The number of aromatic hydroxyl groups is 1. The molecule has 1 amide bonds. The van der Waals surface area contributed by atoms with E-state index in [2.05, 4.69) is 14.8 Å². The number of allylic oxidation sites excluding steroid dienone is 8. The number of carbonyl (C=O) groups excluding carboxylic acids is 1. The van der Waals surface area contributed by atoms with Gasteiger partial charge in [0.1, 0.15) is 12.3 Å². The predicted molar refractivity (Wildman–Crippen MR) is 220 cm³/mol. The molecule has 13 heteroatoms. The van der Waals surface area contributed by atoms with Crippen LogP contribution in [0.2, 0.25) is 0 Å². The third kappa shape index (κ3) is 9.58. The van der Waals surface area contributed by atoms with E-state index in [-0.39, 0.29) is 21.4 Å². The minimum absolute atomic E-state index is 0.00427. The van der Waals surface area contributed by atoms with Gasteiger partial charge in [0, 0.05) is 60.4 Å². The number of amides is 1. The molecule has 0 spiro atoms. The van der Waals surface area contributed by atoms with Gasteiger partial charge in [-0.2, -0.15) is 21.4 Å². The molecule has 56 heavy (non-hydrogen) atoms. The van der Waals surface area contributed by atoms with Crippen LogP contribution in [0, 0.1) is 0 Å². The van der Waals surface area contributed by atoms with Crippen molar-refractivity contribution in [1.82, 2.24) is 5.32 Å². The van der Waals surface area contributed by atoms with Gasteiger partial charge >= 0.3 is 0 Å². The highest BCUT2D eigenvalue weighted by Gasteiger charge is 2.45. The van der Waals surface area contributed by atoms with E-state index < -0.39 is 31.1 Å². The van der Waals surface area contributed by atoms with Crippen molar-refractivity contribution in [3.63, 3.8) is 0 Å².